The zero-order valence-electron chi connectivity index (χ0n) is 11.9. The maximum Gasteiger partial charge on any atom is 0.339 e. The second-order valence-electron chi connectivity index (χ2n) is 4.58. The van der Waals surface area contributed by atoms with Gasteiger partial charge in [-0.15, -0.1) is 11.3 Å². The van der Waals surface area contributed by atoms with Gasteiger partial charge in [0.2, 0.25) is 0 Å². The van der Waals surface area contributed by atoms with Gasteiger partial charge in [-0.2, -0.15) is 0 Å². The standard InChI is InChI=1S/C15H13Cl2NO3S/c1-8-5-11(9(2)22-8)15(20)21-7-14(19)18-10-3-4-12(16)13(17)6-10/h3-6H,7H2,1-2H3,(H,18,19). The van der Waals surface area contributed by atoms with Crippen LogP contribution in [-0.2, 0) is 9.53 Å². The Morgan fingerprint density at radius 3 is 2.50 bits per heavy atom. The van der Waals surface area contributed by atoms with Gasteiger partial charge < -0.3 is 10.1 Å². The zero-order chi connectivity index (χ0) is 16.3. The molecular formula is C15H13Cl2NO3S. The van der Waals surface area contributed by atoms with Crippen molar-refractivity contribution in [2.75, 3.05) is 11.9 Å². The number of benzene rings is 1. The number of nitrogens with one attached hydrogen (secondary N) is 1. The van der Waals surface area contributed by atoms with Crippen molar-refractivity contribution >= 4 is 52.1 Å². The summed E-state index contributed by atoms with van der Waals surface area (Å²) in [6.07, 6.45) is 0. The molecule has 1 aromatic carbocycles. The second-order valence-corrected chi connectivity index (χ2v) is 6.85. The van der Waals surface area contributed by atoms with Gasteiger partial charge in [-0.25, -0.2) is 4.79 Å². The summed E-state index contributed by atoms with van der Waals surface area (Å²) in [6.45, 7) is 3.38. The number of hydrogen-bond acceptors (Lipinski definition) is 4. The molecule has 2 rings (SSSR count). The van der Waals surface area contributed by atoms with Crippen molar-refractivity contribution in [3.8, 4) is 0 Å². The Hall–Kier alpha value is -1.56. The van der Waals surface area contributed by atoms with Crippen LogP contribution in [0.25, 0.3) is 0 Å². The highest BCUT2D eigenvalue weighted by Crippen LogP contribution is 2.25. The van der Waals surface area contributed by atoms with Gasteiger partial charge in [0, 0.05) is 15.4 Å². The van der Waals surface area contributed by atoms with Crippen LogP contribution in [0.3, 0.4) is 0 Å². The summed E-state index contributed by atoms with van der Waals surface area (Å²) in [7, 11) is 0. The van der Waals surface area contributed by atoms with Crippen LogP contribution in [-0.4, -0.2) is 18.5 Å². The summed E-state index contributed by atoms with van der Waals surface area (Å²) in [5.41, 5.74) is 0.975. The largest absolute Gasteiger partial charge is 0.452 e. The number of hydrogen-bond donors (Lipinski definition) is 1. The molecule has 1 aromatic heterocycles. The molecule has 0 saturated carbocycles. The molecule has 0 aliphatic carbocycles. The smallest absolute Gasteiger partial charge is 0.339 e. The first-order valence-corrected chi connectivity index (χ1v) is 7.93. The van der Waals surface area contributed by atoms with Crippen molar-refractivity contribution in [3.63, 3.8) is 0 Å². The number of ether oxygens (including phenoxy) is 1. The fraction of sp³-hybridized carbons (Fsp3) is 0.200. The van der Waals surface area contributed by atoms with Crippen molar-refractivity contribution in [3.05, 3.63) is 49.6 Å². The van der Waals surface area contributed by atoms with Crippen LogP contribution in [0.15, 0.2) is 24.3 Å². The Labute approximate surface area is 142 Å². The molecule has 0 bridgehead atoms. The number of esters is 1. The fourth-order valence-corrected chi connectivity index (χ4v) is 3.02. The molecule has 2 aromatic rings. The molecule has 0 atom stereocenters. The molecule has 1 amide bonds. The number of aryl methyl sites for hydroxylation is 2. The number of halogens is 2. The predicted molar refractivity (Wildman–Crippen MR) is 89.2 cm³/mol. The Kier molecular flexibility index (Phi) is 5.45. The molecule has 7 heteroatoms. The quantitative estimate of drug-likeness (QED) is 0.821. The highest BCUT2D eigenvalue weighted by molar-refractivity contribution is 7.12. The Morgan fingerprint density at radius 2 is 1.91 bits per heavy atom. The zero-order valence-corrected chi connectivity index (χ0v) is 14.2. The van der Waals surface area contributed by atoms with Crippen molar-refractivity contribution in [1.82, 2.24) is 0 Å². The van der Waals surface area contributed by atoms with Gasteiger partial charge in [0.05, 0.1) is 15.6 Å². The number of carbonyl (C=O) groups is 2. The Bertz CT molecular complexity index is 728. The molecule has 1 heterocycles. The van der Waals surface area contributed by atoms with E-state index in [1.54, 1.807) is 18.2 Å². The van der Waals surface area contributed by atoms with E-state index in [-0.39, 0.29) is 6.61 Å². The van der Waals surface area contributed by atoms with Gasteiger partial charge in [-0.05, 0) is 38.1 Å². The van der Waals surface area contributed by atoms with Crippen LogP contribution in [0, 0.1) is 13.8 Å². The lowest BCUT2D eigenvalue weighted by Crippen LogP contribution is -2.21. The number of rotatable bonds is 4. The van der Waals surface area contributed by atoms with E-state index in [0.717, 1.165) is 9.75 Å². The molecule has 1 N–H and O–H groups in total. The maximum atomic E-state index is 11.9. The monoisotopic (exact) mass is 357 g/mol. The molecule has 0 unspecified atom stereocenters. The molecule has 0 spiro atoms. The third-order valence-electron chi connectivity index (χ3n) is 2.80. The first-order chi connectivity index (χ1) is 10.4. The Morgan fingerprint density at radius 1 is 1.18 bits per heavy atom. The van der Waals surface area contributed by atoms with E-state index in [2.05, 4.69) is 5.32 Å². The van der Waals surface area contributed by atoms with Crippen LogP contribution in [0.5, 0.6) is 0 Å². The van der Waals surface area contributed by atoms with Crippen molar-refractivity contribution in [1.29, 1.82) is 0 Å². The number of anilines is 1. The molecule has 4 nitrogen and oxygen atoms in total. The number of amides is 1. The average molecular weight is 358 g/mol. The van der Waals surface area contributed by atoms with E-state index in [4.69, 9.17) is 27.9 Å². The number of thiophene rings is 1. The third kappa shape index (κ3) is 4.22. The van der Waals surface area contributed by atoms with Crippen molar-refractivity contribution in [2.45, 2.75) is 13.8 Å². The highest BCUT2D eigenvalue weighted by atomic mass is 35.5. The predicted octanol–water partition coefficient (Wildman–Crippen LogP) is 4.47. The summed E-state index contributed by atoms with van der Waals surface area (Å²) in [6, 6.07) is 6.46. The Balaban J connectivity index is 1.91. The summed E-state index contributed by atoms with van der Waals surface area (Å²) in [4.78, 5) is 25.6. The molecule has 0 aliphatic rings. The van der Waals surface area contributed by atoms with E-state index in [1.165, 1.54) is 17.4 Å². The van der Waals surface area contributed by atoms with E-state index < -0.39 is 11.9 Å². The fourth-order valence-electron chi connectivity index (χ4n) is 1.81. The lowest BCUT2D eigenvalue weighted by atomic mass is 10.2. The lowest BCUT2D eigenvalue weighted by Gasteiger charge is -2.07. The minimum Gasteiger partial charge on any atom is -0.452 e. The summed E-state index contributed by atoms with van der Waals surface area (Å²) in [5, 5.41) is 3.31. The van der Waals surface area contributed by atoms with Crippen LogP contribution in [0.4, 0.5) is 5.69 Å². The minimum absolute atomic E-state index is 0.334. The molecular weight excluding hydrogens is 345 g/mol. The van der Waals surface area contributed by atoms with Gasteiger partial charge in [-0.3, -0.25) is 4.79 Å². The van der Waals surface area contributed by atoms with E-state index in [0.29, 0.717) is 21.3 Å². The van der Waals surface area contributed by atoms with Crippen LogP contribution in [0.2, 0.25) is 10.0 Å². The third-order valence-corrected chi connectivity index (χ3v) is 4.50. The first-order valence-electron chi connectivity index (χ1n) is 6.36. The molecule has 0 saturated heterocycles. The summed E-state index contributed by atoms with van der Waals surface area (Å²) >= 11 is 13.2. The molecule has 0 fully saturated rings. The second kappa shape index (κ2) is 7.13. The van der Waals surface area contributed by atoms with Gasteiger partial charge in [0.15, 0.2) is 6.61 Å². The summed E-state index contributed by atoms with van der Waals surface area (Å²) < 4.78 is 5.01. The lowest BCUT2D eigenvalue weighted by molar-refractivity contribution is -0.119. The van der Waals surface area contributed by atoms with E-state index in [1.807, 2.05) is 13.8 Å². The average Bonchev–Trinajstić information content (AvgIpc) is 2.79. The summed E-state index contributed by atoms with van der Waals surface area (Å²) in [5.74, 6) is -0.956. The van der Waals surface area contributed by atoms with Crippen LogP contribution < -0.4 is 5.32 Å². The molecule has 22 heavy (non-hydrogen) atoms. The van der Waals surface area contributed by atoms with Gasteiger partial charge in [-0.1, -0.05) is 23.2 Å². The normalized spacial score (nSPS) is 10.4. The van der Waals surface area contributed by atoms with Crippen molar-refractivity contribution in [2.24, 2.45) is 0 Å². The molecule has 0 radical (unpaired) electrons. The first kappa shape index (κ1) is 16.8. The van der Waals surface area contributed by atoms with Gasteiger partial charge >= 0.3 is 5.97 Å². The van der Waals surface area contributed by atoms with Crippen LogP contribution >= 0.6 is 34.5 Å². The van der Waals surface area contributed by atoms with E-state index >= 15 is 0 Å². The van der Waals surface area contributed by atoms with Crippen LogP contribution in [0.1, 0.15) is 20.1 Å². The number of carbonyl (C=O) groups excluding carboxylic acids is 2. The minimum atomic E-state index is -0.508. The maximum absolute atomic E-state index is 11.9. The van der Waals surface area contributed by atoms with Crippen molar-refractivity contribution < 1.29 is 14.3 Å². The molecule has 116 valence electrons. The SMILES string of the molecule is Cc1cc(C(=O)OCC(=O)Nc2ccc(Cl)c(Cl)c2)c(C)s1. The van der Waals surface area contributed by atoms with Gasteiger partial charge in [0.25, 0.3) is 5.91 Å². The van der Waals surface area contributed by atoms with Gasteiger partial charge in [0.1, 0.15) is 0 Å². The highest BCUT2D eigenvalue weighted by Gasteiger charge is 2.15. The topological polar surface area (TPSA) is 55.4 Å². The molecule has 0 aliphatic heterocycles. The van der Waals surface area contributed by atoms with E-state index in [9.17, 15) is 9.59 Å².